The fraction of sp³-hybridized carbons (Fsp3) is 0.696. The Morgan fingerprint density at radius 1 is 1.13 bits per heavy atom. The van der Waals surface area contributed by atoms with Crippen LogP contribution in [0, 0.1) is 11.7 Å². The van der Waals surface area contributed by atoms with Crippen LogP contribution in [0.25, 0.3) is 0 Å². The topological polar surface area (TPSA) is 63.1 Å². The van der Waals surface area contributed by atoms with Crippen LogP contribution in [0.1, 0.15) is 45.6 Å². The smallest absolute Gasteiger partial charge is 0.191 e. The molecule has 31 heavy (non-hydrogen) atoms. The van der Waals surface area contributed by atoms with Crippen molar-refractivity contribution in [3.05, 3.63) is 29.6 Å². The van der Waals surface area contributed by atoms with E-state index in [0.29, 0.717) is 18.2 Å². The normalized spacial score (nSPS) is 16.0. The van der Waals surface area contributed by atoms with Crippen molar-refractivity contribution in [2.75, 3.05) is 57.3 Å². The highest BCUT2D eigenvalue weighted by Gasteiger charge is 2.18. The Morgan fingerprint density at radius 3 is 2.45 bits per heavy atom. The van der Waals surface area contributed by atoms with Crippen molar-refractivity contribution in [3.63, 3.8) is 0 Å². The molecule has 6 nitrogen and oxygen atoms in total. The van der Waals surface area contributed by atoms with Crippen LogP contribution in [-0.4, -0.2) is 68.4 Å². The summed E-state index contributed by atoms with van der Waals surface area (Å²) in [5.41, 5.74) is 1.55. The molecule has 8 heteroatoms. The van der Waals surface area contributed by atoms with Crippen molar-refractivity contribution in [1.82, 2.24) is 15.5 Å². The van der Waals surface area contributed by atoms with Gasteiger partial charge < -0.3 is 25.5 Å². The maximum atomic E-state index is 14.8. The number of aliphatic hydroxyl groups is 1. The predicted octanol–water partition coefficient (Wildman–Crippen LogP) is 3.44. The molecule has 1 fully saturated rings. The molecule has 1 aromatic rings. The standard InChI is InChI=1S/C23H40FN5O.HI/c1-4-7-19(10-15-30)17-26-23(25-5-2)27-18-20-8-9-22(21(24)16-20)29-13-11-28(6-3)12-14-29;/h8-9,16,19,30H,4-7,10-15,17-18H2,1-3H3,(H2,25,26,27);1H. The molecule has 3 N–H and O–H groups in total. The van der Waals surface area contributed by atoms with E-state index >= 15 is 0 Å². The second-order valence-corrected chi connectivity index (χ2v) is 7.95. The Balaban J connectivity index is 0.00000480. The molecular formula is C23H41FIN5O. The lowest BCUT2D eigenvalue weighted by molar-refractivity contribution is 0.251. The summed E-state index contributed by atoms with van der Waals surface area (Å²) in [6.45, 7) is 13.3. The van der Waals surface area contributed by atoms with Gasteiger partial charge in [-0.25, -0.2) is 9.38 Å². The Bertz CT molecular complexity index is 647. The number of hydrogen-bond donors (Lipinski definition) is 3. The number of likely N-dealkylation sites (N-methyl/N-ethyl adjacent to an activating group) is 1. The molecule has 0 spiro atoms. The second-order valence-electron chi connectivity index (χ2n) is 7.95. The monoisotopic (exact) mass is 549 g/mol. The maximum Gasteiger partial charge on any atom is 0.191 e. The van der Waals surface area contributed by atoms with Gasteiger partial charge in [-0.2, -0.15) is 0 Å². The Kier molecular flexibility index (Phi) is 14.1. The molecule has 1 aliphatic heterocycles. The lowest BCUT2D eigenvalue weighted by atomic mass is 10.0. The molecule has 1 atom stereocenters. The fourth-order valence-electron chi connectivity index (χ4n) is 3.90. The predicted molar refractivity (Wildman–Crippen MR) is 139 cm³/mol. The summed E-state index contributed by atoms with van der Waals surface area (Å²) in [6, 6.07) is 5.48. The molecule has 1 aliphatic rings. The second kappa shape index (κ2) is 15.6. The molecule has 0 radical (unpaired) electrons. The lowest BCUT2D eigenvalue weighted by Crippen LogP contribution is -2.46. The van der Waals surface area contributed by atoms with Crippen LogP contribution in [0.4, 0.5) is 10.1 Å². The zero-order chi connectivity index (χ0) is 21.8. The van der Waals surface area contributed by atoms with E-state index in [1.54, 1.807) is 6.07 Å². The number of aliphatic hydroxyl groups excluding tert-OH is 1. The van der Waals surface area contributed by atoms with E-state index in [-0.39, 0.29) is 36.4 Å². The van der Waals surface area contributed by atoms with E-state index in [1.165, 1.54) is 0 Å². The Hall–Kier alpha value is -1.13. The third-order valence-electron chi connectivity index (χ3n) is 5.73. The summed E-state index contributed by atoms with van der Waals surface area (Å²) in [7, 11) is 0. The number of anilines is 1. The summed E-state index contributed by atoms with van der Waals surface area (Å²) in [4.78, 5) is 9.15. The van der Waals surface area contributed by atoms with Crippen molar-refractivity contribution in [3.8, 4) is 0 Å². The molecule has 0 bridgehead atoms. The highest BCUT2D eigenvalue weighted by Crippen LogP contribution is 2.22. The van der Waals surface area contributed by atoms with Gasteiger partial charge in [-0.3, -0.25) is 0 Å². The Labute approximate surface area is 204 Å². The number of hydrogen-bond acceptors (Lipinski definition) is 4. The van der Waals surface area contributed by atoms with Crippen molar-refractivity contribution < 1.29 is 9.50 Å². The van der Waals surface area contributed by atoms with Crippen LogP contribution in [0.5, 0.6) is 0 Å². The van der Waals surface area contributed by atoms with Crippen LogP contribution < -0.4 is 15.5 Å². The molecule has 1 heterocycles. The number of halogens is 2. The van der Waals surface area contributed by atoms with Gasteiger partial charge in [0.05, 0.1) is 12.2 Å². The molecule has 0 aliphatic carbocycles. The van der Waals surface area contributed by atoms with Crippen molar-refractivity contribution in [1.29, 1.82) is 0 Å². The summed E-state index contributed by atoms with van der Waals surface area (Å²) in [5.74, 6) is 0.988. The first-order valence-corrected chi connectivity index (χ1v) is 11.5. The summed E-state index contributed by atoms with van der Waals surface area (Å²) < 4.78 is 14.8. The van der Waals surface area contributed by atoms with Gasteiger partial charge in [-0.15, -0.1) is 24.0 Å². The number of rotatable bonds is 11. The van der Waals surface area contributed by atoms with Crippen LogP contribution in [0.15, 0.2) is 23.2 Å². The lowest BCUT2D eigenvalue weighted by Gasteiger charge is -2.35. The van der Waals surface area contributed by atoms with E-state index in [9.17, 15) is 9.50 Å². The average molecular weight is 550 g/mol. The van der Waals surface area contributed by atoms with E-state index in [0.717, 1.165) is 76.6 Å². The summed E-state index contributed by atoms with van der Waals surface area (Å²) in [6.07, 6.45) is 2.96. The van der Waals surface area contributed by atoms with Crippen molar-refractivity contribution in [2.24, 2.45) is 10.9 Å². The first kappa shape index (κ1) is 27.9. The van der Waals surface area contributed by atoms with Gasteiger partial charge in [-0.05, 0) is 49.9 Å². The quantitative estimate of drug-likeness (QED) is 0.224. The van der Waals surface area contributed by atoms with E-state index in [2.05, 4.69) is 39.3 Å². The average Bonchev–Trinajstić information content (AvgIpc) is 2.76. The molecule has 1 unspecified atom stereocenters. The van der Waals surface area contributed by atoms with Crippen LogP contribution in [-0.2, 0) is 6.54 Å². The number of nitrogens with zero attached hydrogens (tertiary/aromatic N) is 3. The van der Waals surface area contributed by atoms with Gasteiger partial charge >= 0.3 is 0 Å². The minimum Gasteiger partial charge on any atom is -0.396 e. The molecule has 1 saturated heterocycles. The first-order chi connectivity index (χ1) is 14.6. The zero-order valence-electron chi connectivity index (χ0n) is 19.4. The van der Waals surface area contributed by atoms with Gasteiger partial charge in [0.2, 0.25) is 0 Å². The molecule has 0 saturated carbocycles. The highest BCUT2D eigenvalue weighted by molar-refractivity contribution is 14.0. The molecule has 0 amide bonds. The van der Waals surface area contributed by atoms with Crippen molar-refractivity contribution in [2.45, 2.75) is 46.6 Å². The van der Waals surface area contributed by atoms with Gasteiger partial charge in [0.25, 0.3) is 0 Å². The number of piperazine rings is 1. The van der Waals surface area contributed by atoms with Crippen LogP contribution >= 0.6 is 24.0 Å². The number of aliphatic imine (C=N–C) groups is 1. The number of nitrogens with one attached hydrogen (secondary N) is 2. The Morgan fingerprint density at radius 2 is 1.87 bits per heavy atom. The van der Waals surface area contributed by atoms with Gasteiger partial charge in [0.15, 0.2) is 5.96 Å². The first-order valence-electron chi connectivity index (χ1n) is 11.5. The van der Waals surface area contributed by atoms with Crippen LogP contribution in [0.3, 0.4) is 0 Å². The van der Waals surface area contributed by atoms with Gasteiger partial charge in [0, 0.05) is 45.9 Å². The van der Waals surface area contributed by atoms with E-state index in [4.69, 9.17) is 0 Å². The highest BCUT2D eigenvalue weighted by atomic mass is 127. The van der Waals surface area contributed by atoms with Crippen LogP contribution in [0.2, 0.25) is 0 Å². The van der Waals surface area contributed by atoms with Crippen molar-refractivity contribution >= 4 is 35.6 Å². The zero-order valence-corrected chi connectivity index (χ0v) is 21.7. The van der Waals surface area contributed by atoms with Gasteiger partial charge in [-0.1, -0.05) is 26.3 Å². The number of guanidine groups is 1. The van der Waals surface area contributed by atoms with E-state index < -0.39 is 0 Å². The molecular weight excluding hydrogens is 508 g/mol. The minimum atomic E-state index is -0.170. The molecule has 178 valence electrons. The molecule has 1 aromatic carbocycles. The summed E-state index contributed by atoms with van der Waals surface area (Å²) in [5, 5.41) is 15.9. The molecule has 0 aromatic heterocycles. The summed E-state index contributed by atoms with van der Waals surface area (Å²) >= 11 is 0. The maximum absolute atomic E-state index is 14.8. The van der Waals surface area contributed by atoms with Gasteiger partial charge in [0.1, 0.15) is 5.82 Å². The fourth-order valence-corrected chi connectivity index (χ4v) is 3.90. The minimum absolute atomic E-state index is 0. The largest absolute Gasteiger partial charge is 0.396 e. The number of benzene rings is 1. The third kappa shape index (κ3) is 9.49. The third-order valence-corrected chi connectivity index (χ3v) is 5.73. The SMILES string of the molecule is CCCC(CCO)CNC(=NCc1ccc(N2CCN(CC)CC2)c(F)c1)NCC.I. The van der Waals surface area contributed by atoms with E-state index in [1.807, 2.05) is 19.1 Å². The molecule has 2 rings (SSSR count).